The maximum absolute atomic E-state index is 12.3. The highest BCUT2D eigenvalue weighted by atomic mass is 16.6. The quantitative estimate of drug-likeness (QED) is 0.854. The largest absolute Gasteiger partial charge is 0.443 e. The van der Waals surface area contributed by atoms with E-state index in [0.717, 1.165) is 16.6 Å². The minimum absolute atomic E-state index is 0.236. The van der Waals surface area contributed by atoms with Crippen LogP contribution in [0.5, 0.6) is 0 Å². The predicted molar refractivity (Wildman–Crippen MR) is 76.2 cm³/mol. The number of nitrogens with two attached hydrogens (primary N) is 1. The first-order chi connectivity index (χ1) is 8.79. The third kappa shape index (κ3) is 2.79. The number of aromatic nitrogens is 1. The van der Waals surface area contributed by atoms with Crippen molar-refractivity contribution in [1.29, 1.82) is 0 Å². The highest BCUT2D eigenvalue weighted by Crippen LogP contribution is 2.24. The first kappa shape index (κ1) is 13.6. The molecule has 1 atom stereocenters. The lowest BCUT2D eigenvalue weighted by atomic mass is 10.2. The fourth-order valence-corrected chi connectivity index (χ4v) is 2.02. The molecule has 2 rings (SSSR count). The molecule has 0 spiro atoms. The molecule has 0 aliphatic carbocycles. The molecular weight excluding hydrogens is 240 g/mol. The summed E-state index contributed by atoms with van der Waals surface area (Å²) in [6, 6.07) is 9.39. The van der Waals surface area contributed by atoms with Gasteiger partial charge in [0.05, 0.1) is 5.52 Å². The number of ether oxygens (including phenoxy) is 1. The first-order valence-corrected chi connectivity index (χ1v) is 6.39. The summed E-state index contributed by atoms with van der Waals surface area (Å²) in [5, 5.41) is 0.987. The van der Waals surface area contributed by atoms with Gasteiger partial charge in [0.1, 0.15) is 5.60 Å². The highest BCUT2D eigenvalue weighted by Gasteiger charge is 2.22. The Balaban J connectivity index is 2.56. The SMILES string of the molecule is C[C@@H](N)c1cc2ccccc2n1C(=O)OC(C)(C)C. The van der Waals surface area contributed by atoms with Crippen LogP contribution in [0.15, 0.2) is 30.3 Å². The molecule has 4 heteroatoms. The van der Waals surface area contributed by atoms with E-state index in [9.17, 15) is 4.79 Å². The molecule has 2 aromatic rings. The number of para-hydroxylation sites is 1. The Morgan fingerprint density at radius 3 is 2.53 bits per heavy atom. The van der Waals surface area contributed by atoms with Crippen molar-refractivity contribution in [3.05, 3.63) is 36.0 Å². The Bertz CT molecular complexity index is 606. The second kappa shape index (κ2) is 4.70. The molecule has 0 fully saturated rings. The molecule has 0 unspecified atom stereocenters. The maximum Gasteiger partial charge on any atom is 0.419 e. The molecule has 0 saturated carbocycles. The Labute approximate surface area is 113 Å². The molecule has 0 saturated heterocycles. The van der Waals surface area contributed by atoms with Crippen molar-refractivity contribution < 1.29 is 9.53 Å². The molecule has 0 bridgehead atoms. The lowest BCUT2D eigenvalue weighted by molar-refractivity contribution is 0.0539. The van der Waals surface area contributed by atoms with Gasteiger partial charge in [0.2, 0.25) is 0 Å². The molecule has 0 amide bonds. The van der Waals surface area contributed by atoms with Crippen LogP contribution in [0.25, 0.3) is 10.9 Å². The van der Waals surface area contributed by atoms with E-state index in [4.69, 9.17) is 10.5 Å². The van der Waals surface area contributed by atoms with Crippen LogP contribution in [0.3, 0.4) is 0 Å². The third-order valence-corrected chi connectivity index (χ3v) is 2.78. The van der Waals surface area contributed by atoms with E-state index in [1.807, 2.05) is 58.0 Å². The topological polar surface area (TPSA) is 57.2 Å². The smallest absolute Gasteiger partial charge is 0.419 e. The molecule has 4 nitrogen and oxygen atoms in total. The van der Waals surface area contributed by atoms with E-state index < -0.39 is 5.60 Å². The number of rotatable bonds is 1. The summed E-state index contributed by atoms with van der Waals surface area (Å²) in [6.07, 6.45) is -0.388. The Kier molecular flexibility index (Phi) is 3.37. The van der Waals surface area contributed by atoms with Crippen LogP contribution >= 0.6 is 0 Å². The molecule has 0 aliphatic rings. The maximum atomic E-state index is 12.3. The fourth-order valence-electron chi connectivity index (χ4n) is 2.02. The summed E-state index contributed by atoms with van der Waals surface area (Å²) in [5.41, 5.74) is 7.00. The van der Waals surface area contributed by atoms with Gasteiger partial charge in [-0.1, -0.05) is 18.2 Å². The molecule has 0 aliphatic heterocycles. The number of hydrogen-bond acceptors (Lipinski definition) is 3. The summed E-state index contributed by atoms with van der Waals surface area (Å²) in [6.45, 7) is 7.40. The van der Waals surface area contributed by atoms with Gasteiger partial charge in [0, 0.05) is 17.1 Å². The van der Waals surface area contributed by atoms with E-state index in [2.05, 4.69) is 0 Å². The Morgan fingerprint density at radius 2 is 1.95 bits per heavy atom. The molecule has 2 N–H and O–H groups in total. The van der Waals surface area contributed by atoms with Crippen molar-refractivity contribution in [1.82, 2.24) is 4.57 Å². The monoisotopic (exact) mass is 260 g/mol. The second-order valence-corrected chi connectivity index (χ2v) is 5.73. The zero-order chi connectivity index (χ0) is 14.2. The lowest BCUT2D eigenvalue weighted by Gasteiger charge is -2.21. The molecular formula is C15H20N2O2. The lowest BCUT2D eigenvalue weighted by Crippen LogP contribution is -2.29. The predicted octanol–water partition coefficient (Wildman–Crippen LogP) is 3.44. The van der Waals surface area contributed by atoms with Crippen molar-refractivity contribution in [2.45, 2.75) is 39.3 Å². The van der Waals surface area contributed by atoms with Crippen molar-refractivity contribution >= 4 is 17.0 Å². The van der Waals surface area contributed by atoms with Gasteiger partial charge >= 0.3 is 6.09 Å². The van der Waals surface area contributed by atoms with Gasteiger partial charge in [-0.3, -0.25) is 0 Å². The second-order valence-electron chi connectivity index (χ2n) is 5.73. The minimum atomic E-state index is -0.530. The van der Waals surface area contributed by atoms with E-state index in [-0.39, 0.29) is 12.1 Å². The van der Waals surface area contributed by atoms with Crippen LogP contribution in [0.4, 0.5) is 4.79 Å². The van der Waals surface area contributed by atoms with Crippen LogP contribution in [0.2, 0.25) is 0 Å². The summed E-state index contributed by atoms with van der Waals surface area (Å²) < 4.78 is 7.01. The summed E-state index contributed by atoms with van der Waals surface area (Å²) in [7, 11) is 0. The summed E-state index contributed by atoms with van der Waals surface area (Å²) >= 11 is 0. The van der Waals surface area contributed by atoms with Crippen molar-refractivity contribution in [2.75, 3.05) is 0 Å². The van der Waals surface area contributed by atoms with Crippen LogP contribution in [0, 0.1) is 0 Å². The van der Waals surface area contributed by atoms with Crippen LogP contribution in [0.1, 0.15) is 39.4 Å². The fraction of sp³-hybridized carbons (Fsp3) is 0.400. The molecule has 102 valence electrons. The average molecular weight is 260 g/mol. The van der Waals surface area contributed by atoms with E-state index in [0.29, 0.717) is 0 Å². The van der Waals surface area contributed by atoms with Gasteiger partial charge in [-0.25, -0.2) is 9.36 Å². The van der Waals surface area contributed by atoms with Crippen LogP contribution in [-0.2, 0) is 4.74 Å². The summed E-state index contributed by atoms with van der Waals surface area (Å²) in [4.78, 5) is 12.3. The van der Waals surface area contributed by atoms with Gasteiger partial charge in [-0.2, -0.15) is 0 Å². The van der Waals surface area contributed by atoms with Crippen molar-refractivity contribution in [3.63, 3.8) is 0 Å². The first-order valence-electron chi connectivity index (χ1n) is 6.39. The molecule has 0 radical (unpaired) electrons. The summed E-state index contributed by atoms with van der Waals surface area (Å²) in [5.74, 6) is 0. The molecule has 1 aromatic heterocycles. The number of nitrogens with zero attached hydrogens (tertiary/aromatic N) is 1. The minimum Gasteiger partial charge on any atom is -0.443 e. The van der Waals surface area contributed by atoms with Gasteiger partial charge < -0.3 is 10.5 Å². The van der Waals surface area contributed by atoms with Gasteiger partial charge in [-0.15, -0.1) is 0 Å². The number of benzene rings is 1. The highest BCUT2D eigenvalue weighted by molar-refractivity contribution is 5.91. The van der Waals surface area contributed by atoms with Crippen LogP contribution in [-0.4, -0.2) is 16.3 Å². The zero-order valence-corrected chi connectivity index (χ0v) is 11.8. The van der Waals surface area contributed by atoms with E-state index in [1.54, 1.807) is 4.57 Å². The molecule has 1 heterocycles. The number of hydrogen-bond donors (Lipinski definition) is 1. The van der Waals surface area contributed by atoms with Gasteiger partial charge in [0.15, 0.2) is 0 Å². The van der Waals surface area contributed by atoms with Gasteiger partial charge in [-0.05, 0) is 39.8 Å². The Hall–Kier alpha value is -1.81. The normalized spacial score (nSPS) is 13.5. The molecule has 1 aromatic carbocycles. The van der Waals surface area contributed by atoms with E-state index in [1.165, 1.54) is 0 Å². The third-order valence-electron chi connectivity index (χ3n) is 2.78. The number of carbonyl (C=O) groups excluding carboxylic acids is 1. The average Bonchev–Trinajstić information content (AvgIpc) is 2.65. The molecule has 19 heavy (non-hydrogen) atoms. The van der Waals surface area contributed by atoms with Crippen molar-refractivity contribution in [3.8, 4) is 0 Å². The van der Waals surface area contributed by atoms with E-state index >= 15 is 0 Å². The van der Waals surface area contributed by atoms with Crippen molar-refractivity contribution in [2.24, 2.45) is 5.73 Å². The standard InChI is InChI=1S/C15H20N2O2/c1-10(16)13-9-11-7-5-6-8-12(11)17(13)14(18)19-15(2,3)4/h5-10H,16H2,1-4H3/t10-/m1/s1. The Morgan fingerprint density at radius 1 is 1.32 bits per heavy atom. The van der Waals surface area contributed by atoms with Gasteiger partial charge in [0.25, 0.3) is 0 Å². The number of fused-ring (bicyclic) bond motifs is 1. The zero-order valence-electron chi connectivity index (χ0n) is 11.8. The van der Waals surface area contributed by atoms with Crippen LogP contribution < -0.4 is 5.73 Å². The number of carbonyl (C=O) groups is 1.